The van der Waals surface area contributed by atoms with Crippen LogP contribution in [0.2, 0.25) is 0 Å². The van der Waals surface area contributed by atoms with Gasteiger partial charge in [0.25, 0.3) is 5.91 Å². The average Bonchev–Trinajstić information content (AvgIpc) is 2.57. The van der Waals surface area contributed by atoms with Crippen LogP contribution in [-0.4, -0.2) is 51.4 Å². The van der Waals surface area contributed by atoms with E-state index in [-0.39, 0.29) is 5.91 Å². The van der Waals surface area contributed by atoms with Gasteiger partial charge >= 0.3 is 0 Å². The average molecular weight is 229 g/mol. The quantitative estimate of drug-likeness (QED) is 0.602. The molecule has 1 aliphatic heterocycles. The van der Waals surface area contributed by atoms with E-state index in [0.717, 1.165) is 0 Å². The van der Waals surface area contributed by atoms with Crippen LogP contribution in [0, 0.1) is 0 Å². The molecule has 0 spiro atoms. The van der Waals surface area contributed by atoms with E-state index >= 15 is 0 Å². The monoisotopic (exact) mass is 229 g/mol. The molecule has 1 atom stereocenters. The molecular weight excluding hydrogens is 210 g/mol. The van der Waals surface area contributed by atoms with Crippen LogP contribution in [0.3, 0.4) is 0 Å². The van der Waals surface area contributed by atoms with E-state index in [1.54, 1.807) is 14.2 Å². The number of ether oxygens (including phenoxy) is 2. The Morgan fingerprint density at radius 2 is 2.12 bits per heavy atom. The van der Waals surface area contributed by atoms with Crippen molar-refractivity contribution in [2.75, 3.05) is 34.0 Å². The van der Waals surface area contributed by atoms with Crippen molar-refractivity contribution in [1.82, 2.24) is 10.6 Å². The summed E-state index contributed by atoms with van der Waals surface area (Å²) in [5.41, 5.74) is -0.680. The third kappa shape index (κ3) is 2.70. The molecule has 0 aliphatic carbocycles. The SMILES string of the molecule is CCC1(COC)NC(=NCCOC)NC1=O. The molecule has 1 heterocycles. The zero-order valence-corrected chi connectivity index (χ0v) is 10.0. The third-order valence-corrected chi connectivity index (χ3v) is 2.58. The summed E-state index contributed by atoms with van der Waals surface area (Å²) in [5, 5.41) is 5.78. The predicted octanol–water partition coefficient (Wildman–Crippen LogP) is -0.497. The van der Waals surface area contributed by atoms with Gasteiger partial charge in [0, 0.05) is 14.2 Å². The number of carbonyl (C=O) groups excluding carboxylic acids is 1. The summed E-state index contributed by atoms with van der Waals surface area (Å²) in [4.78, 5) is 16.0. The van der Waals surface area contributed by atoms with Gasteiger partial charge in [-0.2, -0.15) is 0 Å². The summed E-state index contributed by atoms with van der Waals surface area (Å²) in [5.74, 6) is 0.411. The second-order valence-corrected chi connectivity index (χ2v) is 3.67. The van der Waals surface area contributed by atoms with Gasteiger partial charge < -0.3 is 14.8 Å². The first-order valence-corrected chi connectivity index (χ1v) is 5.30. The van der Waals surface area contributed by atoms with Crippen LogP contribution in [0.1, 0.15) is 13.3 Å². The molecule has 1 amide bonds. The summed E-state index contributed by atoms with van der Waals surface area (Å²) >= 11 is 0. The molecule has 16 heavy (non-hydrogen) atoms. The molecule has 1 unspecified atom stereocenters. The standard InChI is InChI=1S/C10H19N3O3/c1-4-10(7-16-3)8(14)12-9(13-10)11-5-6-15-2/h4-7H2,1-3H3,(H2,11,12,13,14). The Morgan fingerprint density at radius 1 is 1.38 bits per heavy atom. The lowest BCUT2D eigenvalue weighted by Gasteiger charge is -2.23. The van der Waals surface area contributed by atoms with Crippen molar-refractivity contribution in [2.24, 2.45) is 4.99 Å². The van der Waals surface area contributed by atoms with Crippen LogP contribution in [0.5, 0.6) is 0 Å². The van der Waals surface area contributed by atoms with E-state index < -0.39 is 5.54 Å². The fourth-order valence-corrected chi connectivity index (χ4v) is 1.57. The number of hydrogen-bond donors (Lipinski definition) is 2. The number of carbonyl (C=O) groups is 1. The van der Waals surface area contributed by atoms with Gasteiger partial charge in [0.2, 0.25) is 0 Å². The molecule has 1 saturated heterocycles. The Kier molecular flexibility index (Phi) is 4.70. The van der Waals surface area contributed by atoms with E-state index in [4.69, 9.17) is 9.47 Å². The Labute approximate surface area is 95.4 Å². The van der Waals surface area contributed by atoms with Crippen molar-refractivity contribution in [1.29, 1.82) is 0 Å². The van der Waals surface area contributed by atoms with Crippen LogP contribution in [0.4, 0.5) is 0 Å². The number of amides is 1. The minimum Gasteiger partial charge on any atom is -0.383 e. The summed E-state index contributed by atoms with van der Waals surface area (Å²) < 4.78 is 9.94. The zero-order valence-electron chi connectivity index (χ0n) is 10.0. The lowest BCUT2D eigenvalue weighted by atomic mass is 9.98. The molecule has 0 aromatic rings. The maximum Gasteiger partial charge on any atom is 0.254 e. The number of guanidine groups is 1. The topological polar surface area (TPSA) is 71.9 Å². The highest BCUT2D eigenvalue weighted by Crippen LogP contribution is 2.15. The molecule has 6 nitrogen and oxygen atoms in total. The van der Waals surface area contributed by atoms with Gasteiger partial charge in [0.15, 0.2) is 5.96 Å². The van der Waals surface area contributed by atoms with E-state index in [1.807, 2.05) is 6.92 Å². The molecule has 1 fully saturated rings. The molecule has 0 aromatic heterocycles. The number of aliphatic imine (C=N–C) groups is 1. The summed E-state index contributed by atoms with van der Waals surface area (Å²) in [6.45, 7) is 3.32. The van der Waals surface area contributed by atoms with Crippen molar-refractivity contribution >= 4 is 11.9 Å². The van der Waals surface area contributed by atoms with Crippen LogP contribution >= 0.6 is 0 Å². The fraction of sp³-hybridized carbons (Fsp3) is 0.800. The van der Waals surface area contributed by atoms with Gasteiger partial charge in [-0.3, -0.25) is 15.1 Å². The van der Waals surface area contributed by atoms with Gasteiger partial charge in [-0.05, 0) is 6.42 Å². The number of rotatable bonds is 6. The molecule has 0 saturated carbocycles. The van der Waals surface area contributed by atoms with Crippen molar-refractivity contribution in [3.63, 3.8) is 0 Å². The smallest absolute Gasteiger partial charge is 0.254 e. The maximum atomic E-state index is 11.8. The highest BCUT2D eigenvalue weighted by Gasteiger charge is 2.43. The van der Waals surface area contributed by atoms with Crippen LogP contribution < -0.4 is 10.6 Å². The predicted molar refractivity (Wildman–Crippen MR) is 60.4 cm³/mol. The van der Waals surface area contributed by atoms with Gasteiger partial charge in [-0.1, -0.05) is 6.92 Å². The van der Waals surface area contributed by atoms with E-state index in [0.29, 0.717) is 32.1 Å². The summed E-state index contributed by atoms with van der Waals surface area (Å²) in [6.07, 6.45) is 0.649. The normalized spacial score (nSPS) is 26.9. The van der Waals surface area contributed by atoms with Crippen molar-refractivity contribution in [2.45, 2.75) is 18.9 Å². The zero-order chi connectivity index (χ0) is 12.0. The lowest BCUT2D eigenvalue weighted by Crippen LogP contribution is -2.50. The number of hydrogen-bond acceptors (Lipinski definition) is 4. The van der Waals surface area contributed by atoms with Gasteiger partial charge in [-0.15, -0.1) is 0 Å². The number of nitrogens with zero attached hydrogens (tertiary/aromatic N) is 1. The van der Waals surface area contributed by atoms with E-state index in [9.17, 15) is 4.79 Å². The summed E-state index contributed by atoms with van der Waals surface area (Å²) in [7, 11) is 3.19. The van der Waals surface area contributed by atoms with E-state index in [1.165, 1.54) is 0 Å². The van der Waals surface area contributed by atoms with Crippen molar-refractivity contribution in [3.8, 4) is 0 Å². The van der Waals surface area contributed by atoms with E-state index in [2.05, 4.69) is 15.6 Å². The second-order valence-electron chi connectivity index (χ2n) is 3.67. The number of methoxy groups -OCH3 is 2. The van der Waals surface area contributed by atoms with Gasteiger partial charge in [0.05, 0.1) is 19.8 Å². The van der Waals surface area contributed by atoms with Crippen LogP contribution in [0.25, 0.3) is 0 Å². The maximum absolute atomic E-state index is 11.8. The molecule has 1 rings (SSSR count). The molecule has 0 radical (unpaired) electrons. The lowest BCUT2D eigenvalue weighted by molar-refractivity contribution is -0.125. The first-order chi connectivity index (χ1) is 7.68. The second kappa shape index (κ2) is 5.81. The van der Waals surface area contributed by atoms with Crippen LogP contribution in [0.15, 0.2) is 4.99 Å². The van der Waals surface area contributed by atoms with Crippen molar-refractivity contribution < 1.29 is 14.3 Å². The van der Waals surface area contributed by atoms with Gasteiger partial charge in [-0.25, -0.2) is 0 Å². The first kappa shape index (κ1) is 12.9. The van der Waals surface area contributed by atoms with Crippen molar-refractivity contribution in [3.05, 3.63) is 0 Å². The minimum absolute atomic E-state index is 0.0898. The summed E-state index contributed by atoms with van der Waals surface area (Å²) in [6, 6.07) is 0. The third-order valence-electron chi connectivity index (χ3n) is 2.58. The largest absolute Gasteiger partial charge is 0.383 e. The minimum atomic E-state index is -0.680. The highest BCUT2D eigenvalue weighted by molar-refractivity contribution is 6.09. The molecule has 0 bridgehead atoms. The first-order valence-electron chi connectivity index (χ1n) is 5.30. The van der Waals surface area contributed by atoms with Crippen LogP contribution in [-0.2, 0) is 14.3 Å². The molecule has 1 aliphatic rings. The highest BCUT2D eigenvalue weighted by atomic mass is 16.5. The Balaban J connectivity index is 2.64. The fourth-order valence-electron chi connectivity index (χ4n) is 1.57. The molecule has 6 heteroatoms. The molecular formula is C10H19N3O3. The molecule has 0 aromatic carbocycles. The van der Waals surface area contributed by atoms with Gasteiger partial charge in [0.1, 0.15) is 5.54 Å². The number of nitrogens with one attached hydrogen (secondary N) is 2. The Bertz CT molecular complexity index is 280. The Hall–Kier alpha value is -1.14. The molecule has 92 valence electrons. The Morgan fingerprint density at radius 3 is 2.69 bits per heavy atom. The molecule has 2 N–H and O–H groups in total.